The Morgan fingerprint density at radius 2 is 2.14 bits per heavy atom. The molecule has 2 aromatic rings. The molecule has 0 fully saturated rings. The molecule has 0 unspecified atom stereocenters. The Morgan fingerprint density at radius 1 is 1.33 bits per heavy atom. The molecule has 1 aromatic carbocycles. The highest BCUT2D eigenvalue weighted by Crippen LogP contribution is 2.13. The first kappa shape index (κ1) is 15.4. The molecule has 0 radical (unpaired) electrons. The maximum atomic E-state index is 13.4. The number of anilines is 1. The van der Waals surface area contributed by atoms with E-state index in [9.17, 15) is 9.18 Å². The zero-order chi connectivity index (χ0) is 15.2. The summed E-state index contributed by atoms with van der Waals surface area (Å²) in [5.74, 6) is -0.513. The third kappa shape index (κ3) is 4.80. The third-order valence-corrected chi connectivity index (χ3v) is 3.74. The van der Waals surface area contributed by atoms with Crippen LogP contribution in [0.4, 0.5) is 10.1 Å². The first-order valence-corrected chi connectivity index (χ1v) is 7.48. The van der Waals surface area contributed by atoms with Gasteiger partial charge in [0.05, 0.1) is 6.42 Å². The number of halogens is 1. The lowest BCUT2D eigenvalue weighted by Gasteiger charge is -2.11. The Hall–Kier alpha value is -1.99. The molecule has 0 atom stereocenters. The lowest BCUT2D eigenvalue weighted by Crippen LogP contribution is -2.44. The van der Waals surface area contributed by atoms with Crippen LogP contribution in [0, 0.1) is 12.7 Å². The van der Waals surface area contributed by atoms with Crippen molar-refractivity contribution in [3.8, 4) is 0 Å². The maximum Gasteiger partial charge on any atom is 0.243 e. The molecule has 0 aliphatic rings. The summed E-state index contributed by atoms with van der Waals surface area (Å²) < 4.78 is 13.4. The van der Waals surface area contributed by atoms with Crippen molar-refractivity contribution in [3.63, 3.8) is 0 Å². The number of amides is 1. The standard InChI is InChI=1S/C14H14FN3OS2/c1-9-4-5-10(7-12(9)15)16-14(20)18-17-13(19)8-11-3-2-6-21-11/h2-7H,8H2,1H3,(H,17,19)(H2,16,18,20). The molecule has 0 saturated heterocycles. The van der Waals surface area contributed by atoms with Gasteiger partial charge in [-0.25, -0.2) is 4.39 Å². The Balaban J connectivity index is 1.79. The first-order valence-electron chi connectivity index (χ1n) is 6.19. The van der Waals surface area contributed by atoms with Gasteiger partial charge in [-0.15, -0.1) is 11.3 Å². The number of rotatable bonds is 3. The Bertz CT molecular complexity index is 644. The summed E-state index contributed by atoms with van der Waals surface area (Å²) in [7, 11) is 0. The first-order chi connectivity index (χ1) is 10.0. The quantitative estimate of drug-likeness (QED) is 0.600. The molecule has 7 heteroatoms. The van der Waals surface area contributed by atoms with Crippen molar-refractivity contribution >= 4 is 40.3 Å². The average molecular weight is 323 g/mol. The normalized spacial score (nSPS) is 10.0. The van der Waals surface area contributed by atoms with Gasteiger partial charge in [-0.05, 0) is 48.3 Å². The number of carbonyl (C=O) groups excluding carboxylic acids is 1. The van der Waals surface area contributed by atoms with E-state index in [0.29, 0.717) is 11.3 Å². The van der Waals surface area contributed by atoms with Gasteiger partial charge in [0, 0.05) is 10.6 Å². The predicted molar refractivity (Wildman–Crippen MR) is 86.7 cm³/mol. The van der Waals surface area contributed by atoms with Crippen LogP contribution < -0.4 is 16.2 Å². The molecular formula is C14H14FN3OS2. The number of hydrazine groups is 1. The van der Waals surface area contributed by atoms with E-state index in [1.807, 2.05) is 17.5 Å². The minimum atomic E-state index is -0.315. The van der Waals surface area contributed by atoms with Crippen molar-refractivity contribution in [2.75, 3.05) is 5.32 Å². The van der Waals surface area contributed by atoms with E-state index in [0.717, 1.165) is 4.88 Å². The van der Waals surface area contributed by atoms with Crippen LogP contribution in [-0.2, 0) is 11.2 Å². The summed E-state index contributed by atoms with van der Waals surface area (Å²) in [6.07, 6.45) is 0.284. The lowest BCUT2D eigenvalue weighted by molar-refractivity contribution is -0.120. The molecule has 0 saturated carbocycles. The summed E-state index contributed by atoms with van der Waals surface area (Å²) in [5.41, 5.74) is 6.14. The predicted octanol–water partition coefficient (Wildman–Crippen LogP) is 2.76. The van der Waals surface area contributed by atoms with Gasteiger partial charge in [0.1, 0.15) is 5.82 Å². The number of nitrogens with one attached hydrogen (secondary N) is 3. The fraction of sp³-hybridized carbons (Fsp3) is 0.143. The minimum absolute atomic E-state index is 0.192. The summed E-state index contributed by atoms with van der Waals surface area (Å²) in [6, 6.07) is 8.47. The fourth-order valence-corrected chi connectivity index (χ4v) is 2.45. The number of thiocarbonyl (C=S) groups is 1. The van der Waals surface area contributed by atoms with E-state index in [2.05, 4.69) is 16.2 Å². The Labute approximate surface area is 131 Å². The second-order valence-electron chi connectivity index (χ2n) is 4.35. The van der Waals surface area contributed by atoms with Gasteiger partial charge in [-0.2, -0.15) is 0 Å². The van der Waals surface area contributed by atoms with Crippen LogP contribution in [0.25, 0.3) is 0 Å². The second-order valence-corrected chi connectivity index (χ2v) is 5.79. The largest absolute Gasteiger partial charge is 0.331 e. The van der Waals surface area contributed by atoms with Crippen molar-refractivity contribution in [2.45, 2.75) is 13.3 Å². The number of aryl methyl sites for hydroxylation is 1. The third-order valence-electron chi connectivity index (χ3n) is 2.66. The van der Waals surface area contributed by atoms with Gasteiger partial charge < -0.3 is 5.32 Å². The van der Waals surface area contributed by atoms with Crippen LogP contribution in [0.2, 0.25) is 0 Å². The van der Waals surface area contributed by atoms with Gasteiger partial charge in [-0.1, -0.05) is 12.1 Å². The van der Waals surface area contributed by atoms with Crippen LogP contribution in [0.15, 0.2) is 35.7 Å². The molecule has 0 aliphatic carbocycles. The Morgan fingerprint density at radius 3 is 2.81 bits per heavy atom. The van der Waals surface area contributed by atoms with E-state index in [1.54, 1.807) is 19.1 Å². The molecular weight excluding hydrogens is 309 g/mol. The summed E-state index contributed by atoms with van der Waals surface area (Å²) in [5, 5.41) is 4.90. The van der Waals surface area contributed by atoms with Crippen molar-refractivity contribution in [1.29, 1.82) is 0 Å². The highest BCUT2D eigenvalue weighted by atomic mass is 32.1. The van der Waals surface area contributed by atoms with Crippen molar-refractivity contribution in [1.82, 2.24) is 10.9 Å². The van der Waals surface area contributed by atoms with Gasteiger partial charge >= 0.3 is 0 Å². The topological polar surface area (TPSA) is 53.2 Å². The van der Waals surface area contributed by atoms with Crippen LogP contribution in [0.1, 0.15) is 10.4 Å². The highest BCUT2D eigenvalue weighted by Gasteiger charge is 2.05. The average Bonchev–Trinajstić information content (AvgIpc) is 2.93. The zero-order valence-corrected chi connectivity index (χ0v) is 12.9. The van der Waals surface area contributed by atoms with Gasteiger partial charge in [0.15, 0.2) is 5.11 Å². The van der Waals surface area contributed by atoms with E-state index in [1.165, 1.54) is 17.4 Å². The van der Waals surface area contributed by atoms with E-state index < -0.39 is 0 Å². The molecule has 0 spiro atoms. The fourth-order valence-electron chi connectivity index (χ4n) is 1.58. The van der Waals surface area contributed by atoms with Crippen LogP contribution in [0.3, 0.4) is 0 Å². The van der Waals surface area contributed by atoms with E-state index in [-0.39, 0.29) is 23.3 Å². The zero-order valence-electron chi connectivity index (χ0n) is 11.3. The van der Waals surface area contributed by atoms with Gasteiger partial charge in [0.2, 0.25) is 5.91 Å². The molecule has 110 valence electrons. The number of hydrogen-bond donors (Lipinski definition) is 3. The second kappa shape index (κ2) is 7.14. The molecule has 0 aliphatic heterocycles. The molecule has 4 nitrogen and oxygen atoms in total. The SMILES string of the molecule is Cc1ccc(NC(=S)NNC(=O)Cc2cccs2)cc1F. The molecule has 1 aromatic heterocycles. The minimum Gasteiger partial charge on any atom is -0.331 e. The number of benzene rings is 1. The van der Waals surface area contributed by atoms with E-state index in [4.69, 9.17) is 12.2 Å². The van der Waals surface area contributed by atoms with Crippen LogP contribution in [0.5, 0.6) is 0 Å². The van der Waals surface area contributed by atoms with Gasteiger partial charge in [-0.3, -0.25) is 15.6 Å². The Kier molecular flexibility index (Phi) is 5.24. The number of hydrogen-bond acceptors (Lipinski definition) is 3. The summed E-state index contributed by atoms with van der Waals surface area (Å²) in [4.78, 5) is 12.6. The number of thiophene rings is 1. The van der Waals surface area contributed by atoms with Crippen molar-refractivity contribution in [3.05, 3.63) is 52.0 Å². The summed E-state index contributed by atoms with van der Waals surface area (Å²) in [6.45, 7) is 1.68. The van der Waals surface area contributed by atoms with Gasteiger partial charge in [0.25, 0.3) is 0 Å². The summed E-state index contributed by atoms with van der Waals surface area (Å²) >= 11 is 6.53. The molecule has 21 heavy (non-hydrogen) atoms. The number of carbonyl (C=O) groups is 1. The van der Waals surface area contributed by atoms with Crippen LogP contribution in [-0.4, -0.2) is 11.0 Å². The molecule has 0 bridgehead atoms. The monoisotopic (exact) mass is 323 g/mol. The van der Waals surface area contributed by atoms with Crippen molar-refractivity contribution in [2.24, 2.45) is 0 Å². The van der Waals surface area contributed by atoms with Crippen molar-refractivity contribution < 1.29 is 9.18 Å². The smallest absolute Gasteiger partial charge is 0.243 e. The molecule has 3 N–H and O–H groups in total. The maximum absolute atomic E-state index is 13.4. The highest BCUT2D eigenvalue weighted by molar-refractivity contribution is 7.80. The molecule has 1 heterocycles. The van der Waals surface area contributed by atoms with E-state index >= 15 is 0 Å². The molecule has 2 rings (SSSR count). The van der Waals surface area contributed by atoms with Crippen LogP contribution >= 0.6 is 23.6 Å². The lowest BCUT2D eigenvalue weighted by atomic mass is 10.2. The molecule has 1 amide bonds.